The molecular weight excluding hydrogens is 345 g/mol. The lowest BCUT2D eigenvalue weighted by Crippen LogP contribution is -2.18. The van der Waals surface area contributed by atoms with Gasteiger partial charge in [0.25, 0.3) is 0 Å². The molecule has 0 fully saturated rings. The monoisotopic (exact) mass is 348 g/mol. The van der Waals surface area contributed by atoms with Crippen molar-refractivity contribution in [1.29, 1.82) is 0 Å². The second-order valence-electron chi connectivity index (χ2n) is 2.47. The lowest BCUT2D eigenvalue weighted by atomic mass is 10.3. The highest BCUT2D eigenvalue weighted by Crippen LogP contribution is 2.35. The number of nitrogens with two attached hydrogens (primary N) is 1. The molecule has 1 aromatic rings. The van der Waals surface area contributed by atoms with Crippen molar-refractivity contribution < 1.29 is 17.9 Å². The third-order valence-electron chi connectivity index (χ3n) is 1.43. The molecule has 0 bridgehead atoms. The summed E-state index contributed by atoms with van der Waals surface area (Å²) in [7, 11) is 0. The van der Waals surface area contributed by atoms with Gasteiger partial charge in [-0.05, 0) is 37.4 Å². The molecule has 0 saturated carbocycles. The van der Waals surface area contributed by atoms with Gasteiger partial charge in [-0.15, -0.1) is 13.2 Å². The van der Waals surface area contributed by atoms with Crippen molar-refractivity contribution in [3.63, 3.8) is 0 Å². The van der Waals surface area contributed by atoms with Crippen molar-refractivity contribution in [2.24, 2.45) is 5.73 Å². The molecule has 84 valence electrons. The highest BCUT2D eigenvalue weighted by molar-refractivity contribution is 9.13. The Morgan fingerprint density at radius 3 is 2.40 bits per heavy atom. The van der Waals surface area contributed by atoms with Gasteiger partial charge in [0.05, 0.1) is 4.47 Å². The number of nitrogens with zero attached hydrogens (tertiary/aromatic N) is 1. The SMILES string of the molecule is NCc1cnc(OC(F)(F)F)c(Br)c1Br. The van der Waals surface area contributed by atoms with Crippen LogP contribution in [0.4, 0.5) is 13.2 Å². The van der Waals surface area contributed by atoms with Gasteiger partial charge < -0.3 is 10.5 Å². The van der Waals surface area contributed by atoms with E-state index in [0.717, 1.165) is 0 Å². The molecule has 2 N–H and O–H groups in total. The molecule has 1 rings (SSSR count). The summed E-state index contributed by atoms with van der Waals surface area (Å²) in [5.74, 6) is -0.549. The molecule has 0 radical (unpaired) electrons. The zero-order valence-electron chi connectivity index (χ0n) is 7.11. The molecule has 0 saturated heterocycles. The van der Waals surface area contributed by atoms with Crippen LogP contribution in [0.3, 0.4) is 0 Å². The summed E-state index contributed by atoms with van der Waals surface area (Å²) < 4.78 is 39.9. The predicted molar refractivity (Wildman–Crippen MR) is 54.2 cm³/mol. The molecule has 0 aliphatic heterocycles. The van der Waals surface area contributed by atoms with Crippen LogP contribution in [0, 0.1) is 0 Å². The third kappa shape index (κ3) is 3.32. The smallest absolute Gasteiger partial charge is 0.387 e. The Kier molecular flexibility index (Phi) is 3.96. The maximum atomic E-state index is 11.9. The van der Waals surface area contributed by atoms with Crippen LogP contribution in [0.2, 0.25) is 0 Å². The van der Waals surface area contributed by atoms with Gasteiger partial charge in [0.1, 0.15) is 0 Å². The number of alkyl halides is 3. The molecule has 8 heteroatoms. The lowest BCUT2D eigenvalue weighted by molar-refractivity contribution is -0.276. The fourth-order valence-electron chi connectivity index (χ4n) is 0.808. The quantitative estimate of drug-likeness (QED) is 0.893. The first kappa shape index (κ1) is 12.7. The normalized spacial score (nSPS) is 11.6. The van der Waals surface area contributed by atoms with Gasteiger partial charge in [0, 0.05) is 17.2 Å². The number of halogens is 5. The Morgan fingerprint density at radius 2 is 1.93 bits per heavy atom. The number of rotatable bonds is 2. The van der Waals surface area contributed by atoms with Crippen molar-refractivity contribution in [2.75, 3.05) is 0 Å². The highest BCUT2D eigenvalue weighted by atomic mass is 79.9. The standard InChI is InChI=1S/C7H5Br2F3N2O/c8-4-3(1-13)2-14-6(5(4)9)15-7(10,11)12/h2H,1,13H2. The molecule has 1 heterocycles. The first-order valence-corrected chi connectivity index (χ1v) is 5.22. The van der Waals surface area contributed by atoms with Gasteiger partial charge in [-0.3, -0.25) is 0 Å². The van der Waals surface area contributed by atoms with Crippen molar-refractivity contribution in [1.82, 2.24) is 4.98 Å². The summed E-state index contributed by atoms with van der Waals surface area (Å²) in [5.41, 5.74) is 5.92. The molecule has 0 amide bonds. The van der Waals surface area contributed by atoms with Crippen molar-refractivity contribution in [2.45, 2.75) is 12.9 Å². The van der Waals surface area contributed by atoms with Crippen LogP contribution in [0.15, 0.2) is 15.1 Å². The van der Waals surface area contributed by atoms with E-state index >= 15 is 0 Å². The Bertz CT molecular complexity index is 370. The molecular formula is C7H5Br2F3N2O. The molecule has 3 nitrogen and oxygen atoms in total. The second-order valence-corrected chi connectivity index (χ2v) is 4.05. The third-order valence-corrected chi connectivity index (χ3v) is 3.61. The van der Waals surface area contributed by atoms with E-state index in [9.17, 15) is 13.2 Å². The van der Waals surface area contributed by atoms with Crippen molar-refractivity contribution >= 4 is 31.9 Å². The van der Waals surface area contributed by atoms with Crippen LogP contribution in [-0.4, -0.2) is 11.3 Å². The van der Waals surface area contributed by atoms with Gasteiger partial charge in [-0.25, -0.2) is 4.98 Å². The Labute approximate surface area is 100 Å². The Morgan fingerprint density at radius 1 is 1.33 bits per heavy atom. The van der Waals surface area contributed by atoms with E-state index in [4.69, 9.17) is 5.73 Å². The van der Waals surface area contributed by atoms with E-state index in [1.165, 1.54) is 6.20 Å². The summed E-state index contributed by atoms with van der Waals surface area (Å²) in [6.07, 6.45) is -3.55. The van der Waals surface area contributed by atoms with E-state index < -0.39 is 12.2 Å². The summed E-state index contributed by atoms with van der Waals surface area (Å²) in [5, 5.41) is 0. The number of ether oxygens (including phenoxy) is 1. The van der Waals surface area contributed by atoms with Crippen molar-refractivity contribution in [3.05, 3.63) is 20.7 Å². The van der Waals surface area contributed by atoms with Crippen LogP contribution in [0.25, 0.3) is 0 Å². The second kappa shape index (κ2) is 4.67. The Hall–Kier alpha value is -0.340. The van der Waals surface area contributed by atoms with Gasteiger partial charge in [-0.1, -0.05) is 0 Å². The zero-order valence-corrected chi connectivity index (χ0v) is 10.3. The van der Waals surface area contributed by atoms with E-state index in [-0.39, 0.29) is 11.0 Å². The molecule has 0 aliphatic rings. The largest absolute Gasteiger partial charge is 0.574 e. The van der Waals surface area contributed by atoms with E-state index in [2.05, 4.69) is 41.6 Å². The Balaban J connectivity index is 3.07. The number of hydrogen-bond acceptors (Lipinski definition) is 3. The van der Waals surface area contributed by atoms with E-state index in [1.54, 1.807) is 0 Å². The van der Waals surface area contributed by atoms with Crippen LogP contribution in [0.1, 0.15) is 5.56 Å². The maximum absolute atomic E-state index is 11.9. The first-order chi connectivity index (χ1) is 6.85. The van der Waals surface area contributed by atoms with Crippen LogP contribution in [-0.2, 0) is 6.54 Å². The highest BCUT2D eigenvalue weighted by Gasteiger charge is 2.33. The zero-order chi connectivity index (χ0) is 11.6. The molecule has 0 unspecified atom stereocenters. The van der Waals surface area contributed by atoms with E-state index in [0.29, 0.717) is 10.0 Å². The van der Waals surface area contributed by atoms with Crippen molar-refractivity contribution in [3.8, 4) is 5.88 Å². The van der Waals surface area contributed by atoms with E-state index in [1.807, 2.05) is 0 Å². The predicted octanol–water partition coefficient (Wildman–Crippen LogP) is 2.96. The molecule has 1 aromatic heterocycles. The number of pyridine rings is 1. The fraction of sp³-hybridized carbons (Fsp3) is 0.286. The molecule has 0 atom stereocenters. The van der Waals surface area contributed by atoms with Gasteiger partial charge >= 0.3 is 6.36 Å². The van der Waals surface area contributed by atoms with Crippen LogP contribution < -0.4 is 10.5 Å². The maximum Gasteiger partial charge on any atom is 0.574 e. The lowest BCUT2D eigenvalue weighted by Gasteiger charge is -2.11. The fourth-order valence-corrected chi connectivity index (χ4v) is 1.68. The molecule has 0 aliphatic carbocycles. The van der Waals surface area contributed by atoms with Crippen LogP contribution >= 0.6 is 31.9 Å². The summed E-state index contributed by atoms with van der Waals surface area (Å²) in [6.45, 7) is 0.165. The molecule has 0 spiro atoms. The summed E-state index contributed by atoms with van der Waals surface area (Å²) in [6, 6.07) is 0. The minimum absolute atomic E-state index is 0.0859. The summed E-state index contributed by atoms with van der Waals surface area (Å²) in [4.78, 5) is 3.50. The number of aromatic nitrogens is 1. The average molecular weight is 350 g/mol. The minimum Gasteiger partial charge on any atom is -0.387 e. The minimum atomic E-state index is -4.76. The molecule has 0 aromatic carbocycles. The average Bonchev–Trinajstić information content (AvgIpc) is 2.11. The number of hydrogen-bond donors (Lipinski definition) is 1. The first-order valence-electron chi connectivity index (χ1n) is 3.64. The topological polar surface area (TPSA) is 48.1 Å². The molecule has 15 heavy (non-hydrogen) atoms. The van der Waals surface area contributed by atoms with Gasteiger partial charge in [0.2, 0.25) is 5.88 Å². The summed E-state index contributed by atoms with van der Waals surface area (Å²) >= 11 is 6.02. The van der Waals surface area contributed by atoms with Crippen LogP contribution in [0.5, 0.6) is 5.88 Å². The van der Waals surface area contributed by atoms with Gasteiger partial charge in [-0.2, -0.15) is 0 Å². The van der Waals surface area contributed by atoms with Gasteiger partial charge in [0.15, 0.2) is 0 Å².